The lowest BCUT2D eigenvalue weighted by atomic mass is 9.89. The largest absolute Gasteiger partial charge is 0.348 e. The summed E-state index contributed by atoms with van der Waals surface area (Å²) in [5, 5.41) is 7.65. The zero-order valence-electron chi connectivity index (χ0n) is 17.0. The molecule has 10 heteroatoms. The number of Topliss-reactive ketones (excluding diaryl/α,β-unsaturated/α-hetero) is 1. The quantitative estimate of drug-likeness (QED) is 0.492. The number of hydrogen-bond donors (Lipinski definition) is 2. The van der Waals surface area contributed by atoms with Crippen LogP contribution in [0.25, 0.3) is 0 Å². The first kappa shape index (κ1) is 22.6. The monoisotopic (exact) mass is 491 g/mol. The number of amides is 2. The van der Waals surface area contributed by atoms with Crippen molar-refractivity contribution in [2.45, 2.75) is 32.2 Å². The zero-order valence-corrected chi connectivity index (χ0v) is 19.4. The van der Waals surface area contributed by atoms with Crippen molar-refractivity contribution in [3.63, 3.8) is 0 Å². The third-order valence-corrected chi connectivity index (χ3v) is 7.57. The van der Waals surface area contributed by atoms with E-state index in [0.29, 0.717) is 17.0 Å². The number of aromatic nitrogens is 1. The summed E-state index contributed by atoms with van der Waals surface area (Å²) in [5.41, 5.74) is 0.176. The first-order valence-electron chi connectivity index (χ1n) is 9.99. The second-order valence-electron chi connectivity index (χ2n) is 7.36. The van der Waals surface area contributed by atoms with Crippen LogP contribution in [0.4, 0.5) is 9.52 Å². The summed E-state index contributed by atoms with van der Waals surface area (Å²) in [6, 6.07) is 7.77. The fourth-order valence-electron chi connectivity index (χ4n) is 3.60. The molecule has 32 heavy (non-hydrogen) atoms. The van der Waals surface area contributed by atoms with Gasteiger partial charge in [-0.3, -0.25) is 19.7 Å². The van der Waals surface area contributed by atoms with E-state index >= 15 is 0 Å². The van der Waals surface area contributed by atoms with Gasteiger partial charge in [0.2, 0.25) is 5.91 Å². The molecule has 4 rings (SSSR count). The second kappa shape index (κ2) is 9.48. The zero-order chi connectivity index (χ0) is 22.8. The van der Waals surface area contributed by atoms with Gasteiger partial charge in [-0.05, 0) is 30.0 Å². The van der Waals surface area contributed by atoms with Crippen LogP contribution in [0, 0.1) is 11.7 Å². The number of carbonyl (C=O) groups is 3. The van der Waals surface area contributed by atoms with Crippen molar-refractivity contribution < 1.29 is 18.8 Å². The standard InChI is InChI=1S/C22H19ClFN3O3S2/c1-2-14(17-7-4-8-31-17)25-20(29)11-9-15-19(16(28)10-11)32-22(26-15)27-21(30)18-12(23)5-3-6-13(18)24/h3-8,11,14H,2,9-10H2,1H3,(H,25,29)(H,26,27,30)/t11-,14-/m0/s1. The molecule has 0 aliphatic heterocycles. The highest BCUT2D eigenvalue weighted by Crippen LogP contribution is 2.33. The Morgan fingerprint density at radius 1 is 1.28 bits per heavy atom. The van der Waals surface area contributed by atoms with E-state index in [1.165, 1.54) is 12.1 Å². The molecule has 2 N–H and O–H groups in total. The number of hydrogen-bond acceptors (Lipinski definition) is 6. The topological polar surface area (TPSA) is 88.2 Å². The van der Waals surface area contributed by atoms with Gasteiger partial charge < -0.3 is 5.32 Å². The molecule has 0 bridgehead atoms. The number of halogens is 2. The van der Waals surface area contributed by atoms with Gasteiger partial charge in [-0.25, -0.2) is 9.37 Å². The molecular weight excluding hydrogens is 473 g/mol. The van der Waals surface area contributed by atoms with Crippen molar-refractivity contribution in [1.82, 2.24) is 10.3 Å². The number of nitrogens with one attached hydrogen (secondary N) is 2. The van der Waals surface area contributed by atoms with E-state index in [-0.39, 0.29) is 39.9 Å². The van der Waals surface area contributed by atoms with E-state index in [1.807, 2.05) is 24.4 Å². The summed E-state index contributed by atoms with van der Waals surface area (Å²) in [7, 11) is 0. The van der Waals surface area contributed by atoms with Crippen molar-refractivity contribution in [2.24, 2.45) is 5.92 Å². The molecule has 0 saturated carbocycles. The fourth-order valence-corrected chi connectivity index (χ4v) is 5.64. The maximum atomic E-state index is 14.0. The molecule has 166 valence electrons. The second-order valence-corrected chi connectivity index (χ2v) is 9.74. The first-order valence-corrected chi connectivity index (χ1v) is 12.1. The molecule has 1 aromatic carbocycles. The van der Waals surface area contributed by atoms with Crippen molar-refractivity contribution >= 4 is 57.0 Å². The summed E-state index contributed by atoms with van der Waals surface area (Å²) < 4.78 is 14.0. The third kappa shape index (κ3) is 4.60. The van der Waals surface area contributed by atoms with E-state index in [1.54, 1.807) is 11.3 Å². The van der Waals surface area contributed by atoms with Crippen LogP contribution in [0.5, 0.6) is 0 Å². The third-order valence-electron chi connectivity index (χ3n) is 5.21. The molecule has 0 fully saturated rings. The SMILES string of the molecule is CC[C@H](NC(=O)[C@@H]1CC(=O)c2sc(NC(=O)c3c(F)cccc3Cl)nc2C1)c1cccs1. The van der Waals surface area contributed by atoms with Crippen molar-refractivity contribution in [3.8, 4) is 0 Å². The summed E-state index contributed by atoms with van der Waals surface area (Å²) in [4.78, 5) is 43.8. The van der Waals surface area contributed by atoms with E-state index in [9.17, 15) is 18.8 Å². The molecule has 2 heterocycles. The average Bonchev–Trinajstić information content (AvgIpc) is 3.41. The Hall–Kier alpha value is -2.62. The molecule has 1 aliphatic carbocycles. The molecular formula is C22H19ClFN3O3S2. The smallest absolute Gasteiger partial charge is 0.261 e. The molecule has 3 aromatic rings. The summed E-state index contributed by atoms with van der Waals surface area (Å²) in [6.07, 6.45) is 1.11. The number of nitrogens with zero attached hydrogens (tertiary/aromatic N) is 1. The predicted octanol–water partition coefficient (Wildman–Crippen LogP) is 5.26. The van der Waals surface area contributed by atoms with Gasteiger partial charge in [-0.15, -0.1) is 11.3 Å². The maximum Gasteiger partial charge on any atom is 0.261 e. The minimum Gasteiger partial charge on any atom is -0.348 e. The first-order chi connectivity index (χ1) is 15.4. The molecule has 0 spiro atoms. The van der Waals surface area contributed by atoms with Gasteiger partial charge >= 0.3 is 0 Å². The average molecular weight is 492 g/mol. The Kier molecular flexibility index (Phi) is 6.68. The van der Waals surface area contributed by atoms with Crippen LogP contribution in [0.3, 0.4) is 0 Å². The highest BCUT2D eigenvalue weighted by atomic mass is 35.5. The van der Waals surface area contributed by atoms with E-state index in [0.717, 1.165) is 28.7 Å². The molecule has 2 atom stereocenters. The lowest BCUT2D eigenvalue weighted by molar-refractivity contribution is -0.125. The minimum atomic E-state index is -0.750. The predicted molar refractivity (Wildman–Crippen MR) is 123 cm³/mol. The van der Waals surface area contributed by atoms with E-state index in [4.69, 9.17) is 11.6 Å². The van der Waals surface area contributed by atoms with Gasteiger partial charge in [0, 0.05) is 17.7 Å². The Balaban J connectivity index is 1.47. The lowest BCUT2D eigenvalue weighted by Gasteiger charge is -2.23. The summed E-state index contributed by atoms with van der Waals surface area (Å²) in [6.45, 7) is 1.99. The van der Waals surface area contributed by atoms with Crippen LogP contribution in [0.15, 0.2) is 35.7 Å². The fraction of sp³-hybridized carbons (Fsp3) is 0.273. The Bertz CT molecular complexity index is 1160. The normalized spacial score (nSPS) is 16.3. The lowest BCUT2D eigenvalue weighted by Crippen LogP contribution is -2.37. The van der Waals surface area contributed by atoms with Crippen LogP contribution >= 0.6 is 34.3 Å². The number of benzene rings is 1. The number of carbonyl (C=O) groups excluding carboxylic acids is 3. The van der Waals surface area contributed by atoms with Crippen molar-refractivity contribution in [1.29, 1.82) is 0 Å². The van der Waals surface area contributed by atoms with Crippen LogP contribution in [-0.2, 0) is 11.2 Å². The van der Waals surface area contributed by atoms with Crippen LogP contribution in [-0.4, -0.2) is 22.6 Å². The van der Waals surface area contributed by atoms with Gasteiger partial charge in [0.1, 0.15) is 5.82 Å². The van der Waals surface area contributed by atoms with Gasteiger partial charge in [0.25, 0.3) is 5.91 Å². The van der Waals surface area contributed by atoms with E-state index in [2.05, 4.69) is 15.6 Å². The molecule has 0 radical (unpaired) electrons. The molecule has 2 amide bonds. The highest BCUT2D eigenvalue weighted by molar-refractivity contribution is 7.17. The molecule has 1 aliphatic rings. The molecule has 0 saturated heterocycles. The van der Waals surface area contributed by atoms with E-state index < -0.39 is 17.6 Å². The van der Waals surface area contributed by atoms with Crippen molar-refractivity contribution in [2.75, 3.05) is 5.32 Å². The number of thiophene rings is 1. The molecule has 2 aromatic heterocycles. The van der Waals surface area contributed by atoms with Gasteiger partial charge in [0.05, 0.1) is 33.1 Å². The molecule has 6 nitrogen and oxygen atoms in total. The van der Waals surface area contributed by atoms with Gasteiger partial charge in [-0.2, -0.15) is 0 Å². The van der Waals surface area contributed by atoms with Crippen LogP contribution in [0.2, 0.25) is 5.02 Å². The Labute approximate surface area is 196 Å². The Morgan fingerprint density at radius 2 is 2.09 bits per heavy atom. The Morgan fingerprint density at radius 3 is 2.78 bits per heavy atom. The van der Waals surface area contributed by atoms with Crippen molar-refractivity contribution in [3.05, 3.63) is 67.6 Å². The van der Waals surface area contributed by atoms with Crippen LogP contribution < -0.4 is 10.6 Å². The minimum absolute atomic E-state index is 0.0205. The highest BCUT2D eigenvalue weighted by Gasteiger charge is 2.34. The summed E-state index contributed by atoms with van der Waals surface area (Å²) in [5.74, 6) is -2.42. The number of thiazole rings is 1. The van der Waals surface area contributed by atoms with Crippen LogP contribution in [0.1, 0.15) is 56.4 Å². The number of rotatable bonds is 6. The van der Waals surface area contributed by atoms with Gasteiger partial charge in [0.15, 0.2) is 10.9 Å². The maximum absolute atomic E-state index is 14.0. The number of fused-ring (bicyclic) bond motifs is 1. The summed E-state index contributed by atoms with van der Waals surface area (Å²) >= 11 is 8.54. The number of ketones is 1. The van der Waals surface area contributed by atoms with Gasteiger partial charge in [-0.1, -0.05) is 42.0 Å². The number of anilines is 1. The molecule has 0 unspecified atom stereocenters.